The van der Waals surface area contributed by atoms with Crippen LogP contribution in [0.3, 0.4) is 0 Å². The fourth-order valence-electron chi connectivity index (χ4n) is 1.85. The molecule has 0 heterocycles. The average Bonchev–Trinajstić information content (AvgIpc) is 2.08. The second-order valence-corrected chi connectivity index (χ2v) is 4.09. The first kappa shape index (κ1) is 11.2. The van der Waals surface area contributed by atoms with Gasteiger partial charge in [-0.05, 0) is 39.5 Å². The number of ketones is 1. The zero-order chi connectivity index (χ0) is 10.8. The number of nitrogens with two attached hydrogens (primary N) is 1. The second kappa shape index (κ2) is 4.09. The summed E-state index contributed by atoms with van der Waals surface area (Å²) in [6.07, 6.45) is 2.49. The number of carbonyl (C=O) groups excluding carboxylic acids is 1. The summed E-state index contributed by atoms with van der Waals surface area (Å²) in [4.78, 5) is 15.4. The van der Waals surface area contributed by atoms with Crippen molar-refractivity contribution >= 4 is 11.6 Å². The van der Waals surface area contributed by atoms with Gasteiger partial charge in [0.05, 0.1) is 11.9 Å². The smallest absolute Gasteiger partial charge is 0.161 e. The molecular formula is C10H18N2O2. The Morgan fingerprint density at radius 3 is 2.29 bits per heavy atom. The van der Waals surface area contributed by atoms with E-state index in [4.69, 9.17) is 5.73 Å². The van der Waals surface area contributed by atoms with Gasteiger partial charge in [-0.25, -0.2) is 0 Å². The van der Waals surface area contributed by atoms with Crippen LogP contribution in [0, 0.1) is 0 Å². The largest absolute Gasteiger partial charge is 0.388 e. The van der Waals surface area contributed by atoms with Crippen LogP contribution in [-0.2, 0) is 4.79 Å². The molecule has 0 amide bonds. The zero-order valence-electron chi connectivity index (χ0n) is 8.79. The molecule has 0 aromatic heterocycles. The van der Waals surface area contributed by atoms with Gasteiger partial charge in [-0.1, -0.05) is 0 Å². The van der Waals surface area contributed by atoms with Crippen molar-refractivity contribution in [3.05, 3.63) is 0 Å². The highest BCUT2D eigenvalue weighted by Crippen LogP contribution is 2.30. The molecule has 1 aliphatic rings. The van der Waals surface area contributed by atoms with Gasteiger partial charge in [0.25, 0.3) is 0 Å². The van der Waals surface area contributed by atoms with E-state index < -0.39 is 5.60 Å². The molecule has 4 heteroatoms. The monoisotopic (exact) mass is 198 g/mol. The first-order valence-corrected chi connectivity index (χ1v) is 4.97. The Bertz CT molecular complexity index is 249. The van der Waals surface area contributed by atoms with Gasteiger partial charge in [0.1, 0.15) is 5.60 Å². The maximum absolute atomic E-state index is 11.1. The molecule has 0 unspecified atom stereocenters. The van der Waals surface area contributed by atoms with Gasteiger partial charge < -0.3 is 10.8 Å². The fraction of sp³-hybridized carbons (Fsp3) is 0.800. The average molecular weight is 198 g/mol. The maximum atomic E-state index is 11.1. The van der Waals surface area contributed by atoms with Crippen molar-refractivity contribution in [1.29, 1.82) is 0 Å². The lowest BCUT2D eigenvalue weighted by molar-refractivity contribution is -0.138. The Balaban J connectivity index is 2.54. The molecule has 0 aromatic rings. The number of aliphatic hydroxyl groups is 1. The van der Waals surface area contributed by atoms with E-state index in [1.54, 1.807) is 6.92 Å². The number of aliphatic imine (C=N–C) groups is 1. The fourth-order valence-corrected chi connectivity index (χ4v) is 1.85. The lowest BCUT2D eigenvalue weighted by Gasteiger charge is -2.32. The normalized spacial score (nSPS) is 34.2. The number of amidine groups is 1. The predicted molar refractivity (Wildman–Crippen MR) is 55.2 cm³/mol. The van der Waals surface area contributed by atoms with Crippen molar-refractivity contribution < 1.29 is 9.90 Å². The van der Waals surface area contributed by atoms with E-state index in [1.165, 1.54) is 6.92 Å². The van der Waals surface area contributed by atoms with Crippen LogP contribution < -0.4 is 5.73 Å². The van der Waals surface area contributed by atoms with E-state index in [2.05, 4.69) is 4.99 Å². The van der Waals surface area contributed by atoms with Crippen molar-refractivity contribution in [2.24, 2.45) is 10.7 Å². The molecule has 1 saturated carbocycles. The van der Waals surface area contributed by atoms with Crippen molar-refractivity contribution in [3.63, 3.8) is 0 Å². The lowest BCUT2D eigenvalue weighted by atomic mass is 9.80. The third-order valence-corrected chi connectivity index (χ3v) is 2.82. The third kappa shape index (κ3) is 2.54. The highest BCUT2D eigenvalue weighted by molar-refractivity contribution is 5.84. The minimum Gasteiger partial charge on any atom is -0.388 e. The Hall–Kier alpha value is -0.900. The summed E-state index contributed by atoms with van der Waals surface area (Å²) in [5.41, 5.74) is 4.37. The van der Waals surface area contributed by atoms with Gasteiger partial charge in [0.2, 0.25) is 0 Å². The van der Waals surface area contributed by atoms with Crippen LogP contribution in [0.25, 0.3) is 0 Å². The standard InChI is InChI=1S/C10H18N2O2/c1-7(13)10(14)5-3-9(4-6-10)12-8(2)11/h9,14H,3-6H2,1-2H3,(H2,11,12). The van der Waals surface area contributed by atoms with Crippen molar-refractivity contribution in [2.45, 2.75) is 51.2 Å². The molecule has 0 atom stereocenters. The number of nitrogens with zero attached hydrogens (tertiary/aromatic N) is 1. The Morgan fingerprint density at radius 2 is 1.93 bits per heavy atom. The van der Waals surface area contributed by atoms with E-state index in [9.17, 15) is 9.90 Å². The summed E-state index contributed by atoms with van der Waals surface area (Å²) in [6.45, 7) is 3.20. The highest BCUT2D eigenvalue weighted by atomic mass is 16.3. The predicted octanol–water partition coefficient (Wildman–Crippen LogP) is 0.626. The maximum Gasteiger partial charge on any atom is 0.161 e. The minimum absolute atomic E-state index is 0.135. The summed E-state index contributed by atoms with van der Waals surface area (Å²) in [5, 5.41) is 9.87. The number of carbonyl (C=O) groups is 1. The van der Waals surface area contributed by atoms with E-state index in [1.807, 2.05) is 0 Å². The third-order valence-electron chi connectivity index (χ3n) is 2.82. The molecule has 1 aliphatic carbocycles. The molecular weight excluding hydrogens is 180 g/mol. The summed E-state index contributed by atoms with van der Waals surface area (Å²) in [6, 6.07) is 0.180. The van der Waals surface area contributed by atoms with E-state index in [0.717, 1.165) is 12.8 Å². The Kier molecular flexibility index (Phi) is 3.26. The Labute approximate surface area is 84.2 Å². The molecule has 0 aliphatic heterocycles. The van der Waals surface area contributed by atoms with Gasteiger partial charge in [-0.3, -0.25) is 9.79 Å². The van der Waals surface area contributed by atoms with Crippen molar-refractivity contribution in [1.82, 2.24) is 0 Å². The van der Waals surface area contributed by atoms with Crippen LogP contribution >= 0.6 is 0 Å². The van der Waals surface area contributed by atoms with Gasteiger partial charge in [-0.2, -0.15) is 0 Å². The van der Waals surface area contributed by atoms with Gasteiger partial charge in [0.15, 0.2) is 5.78 Å². The topological polar surface area (TPSA) is 75.7 Å². The van der Waals surface area contributed by atoms with Crippen LogP contribution in [0.1, 0.15) is 39.5 Å². The first-order valence-electron chi connectivity index (χ1n) is 4.97. The summed E-state index contributed by atoms with van der Waals surface area (Å²) in [7, 11) is 0. The molecule has 4 nitrogen and oxygen atoms in total. The van der Waals surface area contributed by atoms with Crippen LogP contribution in [0.2, 0.25) is 0 Å². The molecule has 0 saturated heterocycles. The first-order chi connectivity index (χ1) is 6.44. The molecule has 0 spiro atoms. The Morgan fingerprint density at radius 1 is 1.43 bits per heavy atom. The number of rotatable bonds is 2. The minimum atomic E-state index is -1.10. The van der Waals surface area contributed by atoms with Crippen LogP contribution in [-0.4, -0.2) is 28.4 Å². The van der Waals surface area contributed by atoms with E-state index in [0.29, 0.717) is 18.7 Å². The van der Waals surface area contributed by atoms with Gasteiger partial charge >= 0.3 is 0 Å². The summed E-state index contributed by atoms with van der Waals surface area (Å²) in [5.74, 6) is 0.438. The van der Waals surface area contributed by atoms with Crippen LogP contribution in [0.15, 0.2) is 4.99 Å². The molecule has 14 heavy (non-hydrogen) atoms. The second-order valence-electron chi connectivity index (χ2n) is 4.09. The number of hydrogen-bond acceptors (Lipinski definition) is 3. The van der Waals surface area contributed by atoms with Crippen LogP contribution in [0.5, 0.6) is 0 Å². The summed E-state index contributed by atoms with van der Waals surface area (Å²) >= 11 is 0. The molecule has 3 N–H and O–H groups in total. The number of Topliss-reactive ketones (excluding diaryl/α,β-unsaturated/α-hetero) is 1. The molecule has 1 rings (SSSR count). The SMILES string of the molecule is CC(=O)C1(O)CCC(N=C(C)N)CC1. The molecule has 0 bridgehead atoms. The molecule has 1 fully saturated rings. The van der Waals surface area contributed by atoms with Crippen molar-refractivity contribution in [3.8, 4) is 0 Å². The van der Waals surface area contributed by atoms with Gasteiger partial charge in [0, 0.05) is 0 Å². The van der Waals surface area contributed by atoms with Gasteiger partial charge in [-0.15, -0.1) is 0 Å². The summed E-state index contributed by atoms with van der Waals surface area (Å²) < 4.78 is 0. The highest BCUT2D eigenvalue weighted by Gasteiger charge is 2.36. The molecule has 0 radical (unpaired) electrons. The molecule has 80 valence electrons. The van der Waals surface area contributed by atoms with E-state index in [-0.39, 0.29) is 11.8 Å². The number of hydrogen-bond donors (Lipinski definition) is 2. The lowest BCUT2D eigenvalue weighted by Crippen LogP contribution is -2.41. The van der Waals surface area contributed by atoms with Crippen molar-refractivity contribution in [2.75, 3.05) is 0 Å². The molecule has 0 aromatic carbocycles. The van der Waals surface area contributed by atoms with Crippen LogP contribution in [0.4, 0.5) is 0 Å². The quantitative estimate of drug-likeness (QED) is 0.504. The zero-order valence-corrected chi connectivity index (χ0v) is 8.79. The van der Waals surface area contributed by atoms with E-state index >= 15 is 0 Å².